The minimum Gasteiger partial charge on any atom is -0.492 e. The maximum Gasteiger partial charge on any atom is 0.272 e. The Morgan fingerprint density at radius 3 is 2.43 bits per heavy atom. The number of anilines is 3. The molecule has 2 aromatic heterocycles. The van der Waals surface area contributed by atoms with Gasteiger partial charge in [-0.25, -0.2) is 13.4 Å². The SMILES string of the molecule is [2H]C([2H])([2H])N1CCN(c2cc(Oc3cccc4cc(C(=O)Nc5cc(C(C)(C)C)cc(NS(C)(=O)=O)c5OC)n(C)c34)ccn2)CC1. The summed E-state index contributed by atoms with van der Waals surface area (Å²) in [6.45, 7) is 5.70. The van der Waals surface area contributed by atoms with Crippen LogP contribution in [0.1, 0.15) is 40.9 Å². The molecule has 1 fully saturated rings. The van der Waals surface area contributed by atoms with E-state index in [2.05, 4.69) is 15.0 Å². The molecule has 11 nitrogen and oxygen atoms in total. The van der Waals surface area contributed by atoms with Crippen molar-refractivity contribution in [3.8, 4) is 17.2 Å². The molecule has 0 bridgehead atoms. The number of amides is 1. The Balaban J connectivity index is 1.43. The molecule has 0 radical (unpaired) electrons. The first-order valence-corrected chi connectivity index (χ1v) is 16.1. The summed E-state index contributed by atoms with van der Waals surface area (Å²) in [4.78, 5) is 21.8. The Hall–Kier alpha value is -4.29. The van der Waals surface area contributed by atoms with E-state index in [4.69, 9.17) is 13.6 Å². The number of hydrogen-bond donors (Lipinski definition) is 2. The smallest absolute Gasteiger partial charge is 0.272 e. The van der Waals surface area contributed by atoms with Gasteiger partial charge in [0, 0.05) is 55.0 Å². The average molecular weight is 624 g/mol. The molecule has 1 aliphatic rings. The number of piperazine rings is 1. The number of aromatic nitrogens is 2. The van der Waals surface area contributed by atoms with Crippen molar-refractivity contribution in [3.63, 3.8) is 0 Å². The molecule has 1 saturated heterocycles. The number of fused-ring (bicyclic) bond motifs is 1. The number of nitrogens with one attached hydrogen (secondary N) is 2. The lowest BCUT2D eigenvalue weighted by Crippen LogP contribution is -2.44. The van der Waals surface area contributed by atoms with Crippen molar-refractivity contribution in [1.82, 2.24) is 14.5 Å². The fraction of sp³-hybridized carbons (Fsp3) is 0.375. The second kappa shape index (κ2) is 12.0. The number of aryl methyl sites for hydroxylation is 1. The maximum atomic E-state index is 13.8. The number of para-hydroxylation sites is 1. The number of sulfonamides is 1. The normalized spacial score (nSPS) is 15.8. The van der Waals surface area contributed by atoms with Crippen LogP contribution in [0.4, 0.5) is 17.2 Å². The molecule has 4 aromatic rings. The zero-order chi connectivity index (χ0) is 34.3. The monoisotopic (exact) mass is 623 g/mol. The van der Waals surface area contributed by atoms with Gasteiger partial charge >= 0.3 is 0 Å². The number of carbonyl (C=O) groups excluding carboxylic acids is 1. The molecule has 44 heavy (non-hydrogen) atoms. The first-order valence-electron chi connectivity index (χ1n) is 15.7. The number of methoxy groups -OCH3 is 1. The number of pyridine rings is 1. The van der Waals surface area contributed by atoms with E-state index < -0.39 is 22.9 Å². The number of ether oxygens (including phenoxy) is 2. The molecule has 234 valence electrons. The van der Waals surface area contributed by atoms with Crippen molar-refractivity contribution in [3.05, 3.63) is 66.0 Å². The first kappa shape index (κ1) is 27.3. The zero-order valence-corrected chi connectivity index (χ0v) is 26.6. The number of rotatable bonds is 8. The van der Waals surface area contributed by atoms with Crippen molar-refractivity contribution in [2.45, 2.75) is 26.2 Å². The second-order valence-electron chi connectivity index (χ2n) is 11.9. The van der Waals surface area contributed by atoms with E-state index in [1.807, 2.05) is 49.9 Å². The molecule has 0 unspecified atom stereocenters. The average Bonchev–Trinajstić information content (AvgIpc) is 3.33. The van der Waals surface area contributed by atoms with Gasteiger partial charge in [0.2, 0.25) is 10.0 Å². The number of benzene rings is 2. The lowest BCUT2D eigenvalue weighted by atomic mass is 9.86. The van der Waals surface area contributed by atoms with Crippen LogP contribution in [0.15, 0.2) is 54.7 Å². The van der Waals surface area contributed by atoms with Gasteiger partial charge in [0.15, 0.2) is 11.5 Å². The van der Waals surface area contributed by atoms with Crippen LogP contribution in [-0.2, 0) is 22.5 Å². The van der Waals surface area contributed by atoms with Crippen LogP contribution in [0.2, 0.25) is 0 Å². The van der Waals surface area contributed by atoms with Crippen molar-refractivity contribution in [2.24, 2.45) is 7.05 Å². The van der Waals surface area contributed by atoms with Crippen LogP contribution < -0.4 is 24.4 Å². The second-order valence-corrected chi connectivity index (χ2v) is 13.6. The Bertz CT molecular complexity index is 1910. The third-order valence-electron chi connectivity index (χ3n) is 7.50. The molecule has 0 saturated carbocycles. The van der Waals surface area contributed by atoms with Crippen molar-refractivity contribution < 1.29 is 26.8 Å². The fourth-order valence-electron chi connectivity index (χ4n) is 5.21. The molecule has 1 aliphatic heterocycles. The predicted octanol–water partition coefficient (Wildman–Crippen LogP) is 5.05. The van der Waals surface area contributed by atoms with Crippen LogP contribution in [0.3, 0.4) is 0 Å². The third-order valence-corrected chi connectivity index (χ3v) is 8.09. The van der Waals surface area contributed by atoms with Gasteiger partial charge in [-0.15, -0.1) is 0 Å². The number of likely N-dealkylation sites (N-methyl/N-ethyl adjacent to an activating group) is 1. The summed E-state index contributed by atoms with van der Waals surface area (Å²) in [5, 5.41) is 3.71. The number of nitrogens with zero attached hydrogens (tertiary/aromatic N) is 4. The Labute approximate surface area is 263 Å². The van der Waals surface area contributed by atoms with Crippen LogP contribution in [0.5, 0.6) is 17.2 Å². The molecule has 1 amide bonds. The molecule has 0 spiro atoms. The molecule has 2 N–H and O–H groups in total. The molecule has 12 heteroatoms. The first-order chi connectivity index (χ1) is 21.9. The van der Waals surface area contributed by atoms with E-state index in [0.717, 1.165) is 17.2 Å². The van der Waals surface area contributed by atoms with Crippen molar-refractivity contribution >= 4 is 44.0 Å². The highest BCUT2D eigenvalue weighted by Crippen LogP contribution is 2.40. The van der Waals surface area contributed by atoms with Gasteiger partial charge in [0.1, 0.15) is 17.3 Å². The summed E-state index contributed by atoms with van der Waals surface area (Å²) in [5.74, 6) is 1.52. The molecule has 5 rings (SSSR count). The minimum atomic E-state index is -3.63. The quantitative estimate of drug-likeness (QED) is 0.280. The van der Waals surface area contributed by atoms with E-state index in [1.54, 1.807) is 42.1 Å². The molecule has 3 heterocycles. The van der Waals surface area contributed by atoms with Gasteiger partial charge in [-0.3, -0.25) is 9.52 Å². The van der Waals surface area contributed by atoms with E-state index in [9.17, 15) is 13.2 Å². The largest absolute Gasteiger partial charge is 0.492 e. The summed E-state index contributed by atoms with van der Waals surface area (Å²) in [5.41, 5.74) is 2.02. The van der Waals surface area contributed by atoms with Crippen LogP contribution >= 0.6 is 0 Å². The van der Waals surface area contributed by atoms with Gasteiger partial charge in [-0.05, 0) is 48.3 Å². The van der Waals surface area contributed by atoms with Crippen LogP contribution in [-0.4, -0.2) is 75.3 Å². The van der Waals surface area contributed by atoms with Crippen LogP contribution in [0, 0.1) is 0 Å². The molecule has 0 aliphatic carbocycles. The highest BCUT2D eigenvalue weighted by Gasteiger charge is 2.24. The van der Waals surface area contributed by atoms with Gasteiger partial charge in [-0.1, -0.05) is 32.9 Å². The van der Waals surface area contributed by atoms with E-state index in [1.165, 1.54) is 12.0 Å². The summed E-state index contributed by atoms with van der Waals surface area (Å²) < 4.78 is 63.4. The fourth-order valence-corrected chi connectivity index (χ4v) is 5.77. The van der Waals surface area contributed by atoms with Gasteiger partial charge in [-0.2, -0.15) is 0 Å². The molecule has 2 aromatic carbocycles. The topological polar surface area (TPSA) is 118 Å². The van der Waals surface area contributed by atoms with Crippen LogP contribution in [0.25, 0.3) is 10.9 Å². The van der Waals surface area contributed by atoms with Gasteiger partial charge in [0.25, 0.3) is 5.91 Å². The van der Waals surface area contributed by atoms with Gasteiger partial charge < -0.3 is 29.2 Å². The summed E-state index contributed by atoms with van der Waals surface area (Å²) >= 11 is 0. The van der Waals surface area contributed by atoms with E-state index >= 15 is 0 Å². The Kier molecular flexibility index (Phi) is 7.44. The summed E-state index contributed by atoms with van der Waals surface area (Å²) in [7, 11) is -0.447. The zero-order valence-electron chi connectivity index (χ0n) is 28.8. The van der Waals surface area contributed by atoms with E-state index in [0.29, 0.717) is 60.4 Å². The minimum absolute atomic E-state index is 0.188. The van der Waals surface area contributed by atoms with Crippen molar-refractivity contribution in [1.29, 1.82) is 0 Å². The molecular weight excluding hydrogens is 580 g/mol. The molecule has 0 atom stereocenters. The Morgan fingerprint density at radius 2 is 1.77 bits per heavy atom. The third kappa shape index (κ3) is 6.76. The maximum absolute atomic E-state index is 13.8. The predicted molar refractivity (Wildman–Crippen MR) is 175 cm³/mol. The summed E-state index contributed by atoms with van der Waals surface area (Å²) in [6.07, 6.45) is 2.70. The summed E-state index contributed by atoms with van der Waals surface area (Å²) in [6, 6.07) is 14.4. The lowest BCUT2D eigenvalue weighted by molar-refractivity contribution is 0.101. The van der Waals surface area contributed by atoms with E-state index in [-0.39, 0.29) is 16.9 Å². The highest BCUT2D eigenvalue weighted by atomic mass is 32.2. The lowest BCUT2D eigenvalue weighted by Gasteiger charge is -2.33. The standard InChI is InChI=1S/C32H40N6O5S/c1-32(2,3)22-18-24(30(42-6)25(19-22)35-44(7,40)41)34-31(39)26-17-21-9-8-10-27(29(21)37(26)5)43-23-11-12-33-28(20-23)38-15-13-36(4)14-16-38/h8-12,17-20,35H,13-16H2,1-7H3,(H,34,39)/i4D3. The Morgan fingerprint density at radius 1 is 1.05 bits per heavy atom. The van der Waals surface area contributed by atoms with Crippen molar-refractivity contribution in [2.75, 3.05) is 61.5 Å². The molecular formula is C32H40N6O5S. The van der Waals surface area contributed by atoms with Gasteiger partial charge in [0.05, 0.1) is 30.3 Å². The number of hydrogen-bond acceptors (Lipinski definition) is 8. The number of carbonyl (C=O) groups is 1. The highest BCUT2D eigenvalue weighted by molar-refractivity contribution is 7.92.